The lowest BCUT2D eigenvalue weighted by molar-refractivity contribution is 1.11. The van der Waals surface area contributed by atoms with Crippen LogP contribution in [-0.4, -0.2) is 32.8 Å². The molecule has 19 aromatic rings. The average molecular weight is 1160 g/mol. The molecule has 0 saturated carbocycles. The first-order chi connectivity index (χ1) is 45.2. The number of para-hydroxylation sites is 8. The highest BCUT2D eigenvalue weighted by atomic mass is 15.1. The van der Waals surface area contributed by atoms with Gasteiger partial charge in [-0.05, 0) is 91.0 Å². The van der Waals surface area contributed by atoms with Crippen molar-refractivity contribution in [2.24, 2.45) is 0 Å². The normalized spacial score (nSPS) is 11.9. The molecule has 19 rings (SSSR count). The van der Waals surface area contributed by atoms with Crippen LogP contribution in [0.3, 0.4) is 0 Å². The summed E-state index contributed by atoms with van der Waals surface area (Å²) in [5.41, 5.74) is 19.7. The summed E-state index contributed by atoms with van der Waals surface area (Å²) in [5.74, 6) is 0.525. The molecule has 0 aliphatic carbocycles. The molecule has 0 amide bonds. The minimum Gasteiger partial charge on any atom is -0.309 e. The second kappa shape index (κ2) is 19.7. The van der Waals surface area contributed by atoms with Crippen molar-refractivity contribution >= 4 is 109 Å². The molecule has 6 aromatic heterocycles. The lowest BCUT2D eigenvalue weighted by atomic mass is 10.0. The summed E-state index contributed by atoms with van der Waals surface area (Å²) >= 11 is 0. The van der Waals surface area contributed by atoms with Crippen LogP contribution in [-0.2, 0) is 0 Å². The zero-order valence-corrected chi connectivity index (χ0v) is 48.9. The minimum atomic E-state index is 0.490. The molecule has 91 heavy (non-hydrogen) atoms. The molecule has 0 aliphatic rings. The van der Waals surface area contributed by atoms with Gasteiger partial charge in [0.05, 0.1) is 77.9 Å². The van der Waals surface area contributed by atoms with E-state index in [4.69, 9.17) is 9.97 Å². The van der Waals surface area contributed by atoms with Gasteiger partial charge < -0.3 is 22.8 Å². The Kier molecular flexibility index (Phi) is 11.0. The Morgan fingerprint density at radius 1 is 0.253 bits per heavy atom. The third-order valence-corrected chi connectivity index (χ3v) is 18.7. The molecule has 0 bridgehead atoms. The zero-order valence-electron chi connectivity index (χ0n) is 48.9. The largest absolute Gasteiger partial charge is 0.309 e. The van der Waals surface area contributed by atoms with Crippen LogP contribution in [0.5, 0.6) is 0 Å². The molecule has 0 atom stereocenters. The van der Waals surface area contributed by atoms with Crippen molar-refractivity contribution in [1.29, 1.82) is 5.26 Å². The quantitative estimate of drug-likeness (QED) is 0.152. The molecule has 0 aliphatic heterocycles. The number of fused-ring (bicyclic) bond motifs is 19. The first-order valence-corrected chi connectivity index (χ1v) is 30.8. The number of hydrogen-bond donors (Lipinski definition) is 0. The van der Waals surface area contributed by atoms with Crippen LogP contribution >= 0.6 is 0 Å². The third kappa shape index (κ3) is 7.31. The molecule has 8 heteroatoms. The molecular formula is C83H50N8. The van der Waals surface area contributed by atoms with Crippen molar-refractivity contribution in [2.75, 3.05) is 0 Å². The fraction of sp³-hybridized carbons (Fsp3) is 0. The number of nitrogens with zero attached hydrogens (tertiary/aromatic N) is 8. The lowest BCUT2D eigenvalue weighted by Gasteiger charge is -2.19. The molecule has 0 spiro atoms. The smallest absolute Gasteiger partial charge is 0.160 e. The number of hydrogen-bond acceptors (Lipinski definition) is 3. The number of rotatable bonds is 8. The van der Waals surface area contributed by atoms with Crippen molar-refractivity contribution in [3.63, 3.8) is 0 Å². The van der Waals surface area contributed by atoms with E-state index in [1.54, 1.807) is 0 Å². The fourth-order valence-electron chi connectivity index (χ4n) is 15.0. The molecule has 6 heterocycles. The summed E-state index contributed by atoms with van der Waals surface area (Å²) in [6.07, 6.45) is 0. The van der Waals surface area contributed by atoms with Crippen molar-refractivity contribution in [2.45, 2.75) is 0 Å². The van der Waals surface area contributed by atoms with E-state index in [-0.39, 0.29) is 0 Å². The molecule has 8 nitrogen and oxygen atoms in total. The monoisotopic (exact) mass is 1160 g/mol. The molecule has 0 N–H and O–H groups in total. The van der Waals surface area contributed by atoms with E-state index in [1.165, 1.54) is 0 Å². The van der Waals surface area contributed by atoms with E-state index in [9.17, 15) is 5.26 Å². The van der Waals surface area contributed by atoms with Gasteiger partial charge in [0.1, 0.15) is 11.6 Å². The number of nitriles is 1. The molecule has 0 saturated heterocycles. The van der Waals surface area contributed by atoms with Gasteiger partial charge in [0.25, 0.3) is 0 Å². The second-order valence-electron chi connectivity index (χ2n) is 23.5. The van der Waals surface area contributed by atoms with Gasteiger partial charge in [-0.15, -0.1) is 0 Å². The molecule has 0 unspecified atom stereocenters. The average Bonchev–Trinajstić information content (AvgIpc) is 1.51. The summed E-state index contributed by atoms with van der Waals surface area (Å²) < 4.78 is 12.1. The Morgan fingerprint density at radius 2 is 0.593 bits per heavy atom. The van der Waals surface area contributed by atoms with Crippen LogP contribution in [0.4, 0.5) is 0 Å². The van der Waals surface area contributed by atoms with Crippen molar-refractivity contribution < 1.29 is 0 Å². The second-order valence-corrected chi connectivity index (χ2v) is 23.5. The van der Waals surface area contributed by atoms with Crippen LogP contribution in [0.2, 0.25) is 0 Å². The van der Waals surface area contributed by atoms with Gasteiger partial charge in [0.2, 0.25) is 0 Å². The van der Waals surface area contributed by atoms with Crippen LogP contribution in [0.1, 0.15) is 5.56 Å². The van der Waals surface area contributed by atoms with Crippen molar-refractivity contribution in [1.82, 2.24) is 32.8 Å². The standard InChI is InChI=1S/C83H50N8/c84-51-64-73(90-67-41-21-16-36-58(67)59-46-47-72-75(79(59)90)60-37-17-22-42-68(60)87(72)55-30-10-3-11-31-55)48-54(83-85-65(52-26-6-1-7-27-52)50-66(86-83)53-28-8-2-9-29-53)49-74(64)91-71-45-25-20-40-63(71)78-81-76(61-38-18-23-43-69(61)88(81)56-32-12-4-13-33-56)80-77(82(78)91)62-39-19-24-44-70(62)89(80)57-34-14-5-15-35-57/h1-50H. The molecule has 422 valence electrons. The van der Waals surface area contributed by atoms with Gasteiger partial charge in [-0.25, -0.2) is 9.97 Å². The zero-order chi connectivity index (χ0) is 59.8. The van der Waals surface area contributed by atoms with Gasteiger partial charge in [0, 0.05) is 87.6 Å². The summed E-state index contributed by atoms with van der Waals surface area (Å²) in [5, 5.41) is 23.7. The summed E-state index contributed by atoms with van der Waals surface area (Å²) in [6, 6.07) is 111. The van der Waals surface area contributed by atoms with Crippen LogP contribution in [0, 0.1) is 11.3 Å². The van der Waals surface area contributed by atoms with E-state index in [1.807, 2.05) is 12.1 Å². The molecule has 0 fully saturated rings. The van der Waals surface area contributed by atoms with Crippen molar-refractivity contribution in [3.05, 3.63) is 309 Å². The topological polar surface area (TPSA) is 74.2 Å². The highest BCUT2D eigenvalue weighted by Gasteiger charge is 2.32. The van der Waals surface area contributed by atoms with E-state index in [2.05, 4.69) is 320 Å². The Hall–Kier alpha value is -12.6. The predicted molar refractivity (Wildman–Crippen MR) is 375 cm³/mol. The van der Waals surface area contributed by atoms with Crippen LogP contribution in [0.15, 0.2) is 303 Å². The molecular weight excluding hydrogens is 1110 g/mol. The van der Waals surface area contributed by atoms with Gasteiger partial charge >= 0.3 is 0 Å². The van der Waals surface area contributed by atoms with E-state index in [0.717, 1.165) is 154 Å². The highest BCUT2D eigenvalue weighted by Crippen LogP contribution is 2.52. The van der Waals surface area contributed by atoms with E-state index < -0.39 is 0 Å². The summed E-state index contributed by atoms with van der Waals surface area (Å²) in [4.78, 5) is 11.2. The maximum absolute atomic E-state index is 12.7. The lowest BCUT2D eigenvalue weighted by Crippen LogP contribution is -2.07. The third-order valence-electron chi connectivity index (χ3n) is 18.7. The summed E-state index contributed by atoms with van der Waals surface area (Å²) in [6.45, 7) is 0. The minimum absolute atomic E-state index is 0.490. The van der Waals surface area contributed by atoms with E-state index >= 15 is 0 Å². The molecule has 0 radical (unpaired) electrons. The highest BCUT2D eigenvalue weighted by molar-refractivity contribution is 6.40. The fourth-order valence-corrected chi connectivity index (χ4v) is 15.0. The van der Waals surface area contributed by atoms with E-state index in [0.29, 0.717) is 22.8 Å². The Morgan fingerprint density at radius 3 is 1.04 bits per heavy atom. The van der Waals surface area contributed by atoms with Gasteiger partial charge in [0.15, 0.2) is 5.82 Å². The maximum Gasteiger partial charge on any atom is 0.160 e. The Balaban J connectivity index is 1.05. The van der Waals surface area contributed by atoms with Crippen LogP contribution < -0.4 is 0 Å². The SMILES string of the molecule is N#Cc1c(-n2c3ccccc3c3ccc4c(c5ccccc5n4-c4ccccc4)c32)cc(-c2nc(-c3ccccc3)cc(-c3ccccc3)n2)cc1-n1c2ccccc2c2c3c(c4ccccc4n3-c3ccccc3)c3c(c4ccccc4n3-c3ccccc3)c21. The Bertz CT molecular complexity index is 6110. The van der Waals surface area contributed by atoms with Crippen LogP contribution in [0.25, 0.3) is 171 Å². The molecule has 13 aromatic carbocycles. The van der Waals surface area contributed by atoms with Crippen molar-refractivity contribution in [3.8, 4) is 68.4 Å². The Labute approximate surface area is 521 Å². The van der Waals surface area contributed by atoms with Gasteiger partial charge in [-0.1, -0.05) is 212 Å². The van der Waals surface area contributed by atoms with Gasteiger partial charge in [-0.3, -0.25) is 0 Å². The first-order valence-electron chi connectivity index (χ1n) is 30.8. The predicted octanol–water partition coefficient (Wildman–Crippen LogP) is 20.8. The first kappa shape index (κ1) is 50.6. The summed E-state index contributed by atoms with van der Waals surface area (Å²) in [7, 11) is 0. The number of benzene rings is 13. The van der Waals surface area contributed by atoms with Gasteiger partial charge in [-0.2, -0.15) is 5.26 Å². The maximum atomic E-state index is 12.7. The number of aromatic nitrogens is 7.